The van der Waals surface area contributed by atoms with Crippen molar-refractivity contribution in [2.45, 2.75) is 39.4 Å². The maximum absolute atomic E-state index is 11.8. The first-order chi connectivity index (χ1) is 16.6. The quantitative estimate of drug-likeness (QED) is 0.440. The van der Waals surface area contributed by atoms with Crippen LogP contribution in [0.15, 0.2) is 48.7 Å². The van der Waals surface area contributed by atoms with E-state index in [9.17, 15) is 8.42 Å². The summed E-state index contributed by atoms with van der Waals surface area (Å²) in [6.45, 7) is 7.49. The van der Waals surface area contributed by atoms with Crippen LogP contribution in [0.25, 0.3) is 0 Å². The number of benzene rings is 1. The van der Waals surface area contributed by atoms with E-state index in [1.54, 1.807) is 19.4 Å². The minimum atomic E-state index is -3.38. The highest BCUT2D eigenvalue weighted by Gasteiger charge is 2.42. The molecule has 1 aromatic carbocycles. The Morgan fingerprint density at radius 1 is 1.17 bits per heavy atom. The van der Waals surface area contributed by atoms with Gasteiger partial charge in [-0.05, 0) is 80.5 Å². The largest absolute Gasteiger partial charge is 0.383 e. The average Bonchev–Trinajstić information content (AvgIpc) is 3.29. The Hall–Kier alpha value is -2.95. The third kappa shape index (κ3) is 5.19. The molecule has 4 rings (SSSR count). The Balaban J connectivity index is 1.82. The van der Waals surface area contributed by atoms with Gasteiger partial charge in [-0.2, -0.15) is 0 Å². The number of pyridine rings is 1. The van der Waals surface area contributed by atoms with Gasteiger partial charge in [0.25, 0.3) is 0 Å². The Labute approximate surface area is 212 Å². The molecule has 2 atom stereocenters. The summed E-state index contributed by atoms with van der Waals surface area (Å²) in [4.78, 5) is 6.73. The summed E-state index contributed by atoms with van der Waals surface area (Å²) in [5, 5.41) is 4.08. The van der Waals surface area contributed by atoms with Crippen LogP contribution in [-0.4, -0.2) is 43.1 Å². The van der Waals surface area contributed by atoms with E-state index < -0.39 is 10.0 Å². The highest BCUT2D eigenvalue weighted by molar-refractivity contribution is 7.92. The molecule has 0 radical (unpaired) electrons. The fourth-order valence-corrected chi connectivity index (χ4v) is 5.69. The van der Waals surface area contributed by atoms with Crippen LogP contribution in [-0.2, 0) is 21.3 Å². The molecule has 2 aromatic heterocycles. The standard InChI is InChI=1S/C25H31N5O3S2/c1-16-14-19(9-10-21(16)28-35(5,31)32)30-24(20-15-17(2)29(18(20)3)12-13-33-4)23(27-25(30)34)22-8-6-7-11-26-22/h6-11,14-15,23-24,28H,12-13H2,1-5H3,(H,27,34)/t23-,24-/m0/s1. The molecule has 10 heteroatoms. The minimum Gasteiger partial charge on any atom is -0.383 e. The summed E-state index contributed by atoms with van der Waals surface area (Å²) in [6, 6.07) is 13.4. The van der Waals surface area contributed by atoms with E-state index in [-0.39, 0.29) is 12.1 Å². The molecule has 0 unspecified atom stereocenters. The number of ether oxygens (including phenoxy) is 1. The van der Waals surface area contributed by atoms with Crippen LogP contribution in [0.2, 0.25) is 0 Å². The molecular weight excluding hydrogens is 482 g/mol. The number of sulfonamides is 1. The molecular formula is C25H31N5O3S2. The number of methoxy groups -OCH3 is 1. The molecule has 35 heavy (non-hydrogen) atoms. The molecule has 3 aromatic rings. The van der Waals surface area contributed by atoms with Crippen molar-refractivity contribution in [3.63, 3.8) is 0 Å². The van der Waals surface area contributed by atoms with Crippen molar-refractivity contribution < 1.29 is 13.2 Å². The van der Waals surface area contributed by atoms with Gasteiger partial charge in [-0.25, -0.2) is 8.42 Å². The molecule has 186 valence electrons. The lowest BCUT2D eigenvalue weighted by Gasteiger charge is -2.29. The molecule has 0 amide bonds. The minimum absolute atomic E-state index is 0.145. The maximum Gasteiger partial charge on any atom is 0.229 e. The monoisotopic (exact) mass is 513 g/mol. The molecule has 0 aliphatic carbocycles. The molecule has 0 saturated carbocycles. The number of aromatic nitrogens is 2. The zero-order chi connectivity index (χ0) is 25.3. The Bertz CT molecular complexity index is 1340. The first-order valence-corrected chi connectivity index (χ1v) is 13.7. The average molecular weight is 514 g/mol. The van der Waals surface area contributed by atoms with E-state index in [1.807, 2.05) is 37.3 Å². The van der Waals surface area contributed by atoms with Gasteiger partial charge in [-0.3, -0.25) is 9.71 Å². The van der Waals surface area contributed by atoms with Crippen molar-refractivity contribution in [1.82, 2.24) is 14.9 Å². The van der Waals surface area contributed by atoms with Crippen molar-refractivity contribution in [3.05, 3.63) is 76.9 Å². The van der Waals surface area contributed by atoms with E-state index >= 15 is 0 Å². The van der Waals surface area contributed by atoms with E-state index in [1.165, 1.54) is 0 Å². The van der Waals surface area contributed by atoms with Crippen molar-refractivity contribution in [1.29, 1.82) is 0 Å². The molecule has 0 spiro atoms. The van der Waals surface area contributed by atoms with Crippen molar-refractivity contribution in [2.75, 3.05) is 29.6 Å². The number of nitrogens with one attached hydrogen (secondary N) is 2. The molecule has 1 fully saturated rings. The Morgan fingerprint density at radius 3 is 2.57 bits per heavy atom. The number of hydrogen-bond acceptors (Lipinski definition) is 5. The molecule has 3 heterocycles. The van der Waals surface area contributed by atoms with Gasteiger partial charge in [-0.1, -0.05) is 6.07 Å². The van der Waals surface area contributed by atoms with Crippen LogP contribution in [0, 0.1) is 20.8 Å². The summed E-state index contributed by atoms with van der Waals surface area (Å²) >= 11 is 5.84. The van der Waals surface area contributed by atoms with Crippen molar-refractivity contribution in [2.24, 2.45) is 0 Å². The van der Waals surface area contributed by atoms with Crippen LogP contribution < -0.4 is 14.9 Å². The van der Waals surface area contributed by atoms with Gasteiger partial charge < -0.3 is 19.5 Å². The van der Waals surface area contributed by atoms with Crippen LogP contribution >= 0.6 is 12.2 Å². The number of nitrogens with zero attached hydrogens (tertiary/aromatic N) is 3. The van der Waals surface area contributed by atoms with E-state index in [0.717, 1.165) is 46.7 Å². The molecule has 0 bridgehead atoms. The van der Waals surface area contributed by atoms with Gasteiger partial charge >= 0.3 is 0 Å². The summed E-state index contributed by atoms with van der Waals surface area (Å²) < 4.78 is 33.7. The topological polar surface area (TPSA) is 88.5 Å². The van der Waals surface area contributed by atoms with Crippen molar-refractivity contribution in [3.8, 4) is 0 Å². The van der Waals surface area contributed by atoms with Gasteiger partial charge in [0.2, 0.25) is 10.0 Å². The van der Waals surface area contributed by atoms with Gasteiger partial charge in [0.15, 0.2) is 5.11 Å². The molecule has 8 nitrogen and oxygen atoms in total. The van der Waals surface area contributed by atoms with Crippen LogP contribution in [0.1, 0.15) is 40.3 Å². The molecule has 1 aliphatic rings. The highest BCUT2D eigenvalue weighted by atomic mass is 32.2. The lowest BCUT2D eigenvalue weighted by atomic mass is 9.96. The molecule has 1 saturated heterocycles. The number of hydrogen-bond donors (Lipinski definition) is 2. The summed E-state index contributed by atoms with van der Waals surface area (Å²) in [5.41, 5.74) is 6.58. The van der Waals surface area contributed by atoms with Crippen LogP contribution in [0.4, 0.5) is 11.4 Å². The predicted octanol–water partition coefficient (Wildman–Crippen LogP) is 4.00. The Morgan fingerprint density at radius 2 is 1.94 bits per heavy atom. The van der Waals surface area contributed by atoms with E-state index in [2.05, 4.69) is 44.4 Å². The smallest absolute Gasteiger partial charge is 0.229 e. The van der Waals surface area contributed by atoms with Gasteiger partial charge in [-0.15, -0.1) is 0 Å². The third-order valence-electron chi connectivity index (χ3n) is 6.33. The zero-order valence-electron chi connectivity index (χ0n) is 20.6. The SMILES string of the molecule is COCCn1c(C)cc([C@H]2[C@H](c3ccccn3)NC(=S)N2c2ccc(NS(C)(=O)=O)c(C)c2)c1C. The zero-order valence-corrected chi connectivity index (χ0v) is 22.2. The number of thiocarbonyl (C=S) groups is 1. The second-order valence-electron chi connectivity index (χ2n) is 8.84. The lowest BCUT2D eigenvalue weighted by molar-refractivity contribution is 0.186. The van der Waals surface area contributed by atoms with Gasteiger partial charge in [0.05, 0.1) is 36.3 Å². The first-order valence-electron chi connectivity index (χ1n) is 11.4. The Kier molecular flexibility index (Phi) is 7.16. The van der Waals surface area contributed by atoms with Crippen LogP contribution in [0.5, 0.6) is 0 Å². The summed E-state index contributed by atoms with van der Waals surface area (Å²) in [7, 11) is -1.67. The molecule has 1 aliphatic heterocycles. The lowest BCUT2D eigenvalue weighted by Crippen LogP contribution is -2.29. The highest BCUT2D eigenvalue weighted by Crippen LogP contribution is 2.43. The summed E-state index contributed by atoms with van der Waals surface area (Å²) in [6.07, 6.45) is 2.93. The maximum atomic E-state index is 11.8. The fraction of sp³-hybridized carbons (Fsp3) is 0.360. The number of aryl methyl sites for hydroxylation is 2. The third-order valence-corrected chi connectivity index (χ3v) is 7.24. The van der Waals surface area contributed by atoms with Gasteiger partial charge in [0, 0.05) is 36.9 Å². The normalized spacial score (nSPS) is 18.1. The van der Waals surface area contributed by atoms with Crippen LogP contribution in [0.3, 0.4) is 0 Å². The first kappa shape index (κ1) is 25.2. The second-order valence-corrected chi connectivity index (χ2v) is 11.0. The van der Waals surface area contributed by atoms with E-state index in [0.29, 0.717) is 17.4 Å². The number of rotatable bonds is 8. The predicted molar refractivity (Wildman–Crippen MR) is 143 cm³/mol. The number of anilines is 2. The molecule has 2 N–H and O–H groups in total. The summed E-state index contributed by atoms with van der Waals surface area (Å²) in [5.74, 6) is 0. The fourth-order valence-electron chi connectivity index (χ4n) is 4.71. The second kappa shape index (κ2) is 9.96. The van der Waals surface area contributed by atoms with Gasteiger partial charge in [0.1, 0.15) is 0 Å². The van der Waals surface area contributed by atoms with E-state index in [4.69, 9.17) is 17.0 Å². The van der Waals surface area contributed by atoms with Crippen molar-refractivity contribution >= 4 is 38.7 Å².